The minimum atomic E-state index is -0.237. The number of nitrogens with one attached hydrogen (secondary N) is 3. The van der Waals surface area contributed by atoms with Gasteiger partial charge in [0, 0.05) is 25.2 Å². The molecular weight excluding hydrogens is 322 g/mol. The fourth-order valence-corrected chi connectivity index (χ4v) is 2.76. The maximum Gasteiger partial charge on any atom is 0.409 e. The highest BCUT2D eigenvalue weighted by atomic mass is 16.6. The van der Waals surface area contributed by atoms with Crippen LogP contribution in [-0.4, -0.2) is 53.8 Å². The largest absolute Gasteiger partial charge is 0.450 e. The Morgan fingerprint density at radius 1 is 1.20 bits per heavy atom. The number of amides is 3. The number of nitrogens with zero attached hydrogens (tertiary/aromatic N) is 2. The first-order valence-corrected chi connectivity index (χ1v) is 8.86. The number of likely N-dealkylation sites (tertiary alicyclic amines) is 1. The number of hydrogen-bond donors (Lipinski definition) is 3. The number of anilines is 2. The number of piperidine rings is 1. The zero-order chi connectivity index (χ0) is 17.6. The summed E-state index contributed by atoms with van der Waals surface area (Å²) in [6, 6.07) is 4.10. The molecule has 2 aliphatic rings. The smallest absolute Gasteiger partial charge is 0.409 e. The van der Waals surface area contributed by atoms with E-state index in [0.29, 0.717) is 31.4 Å². The minimum Gasteiger partial charge on any atom is -0.450 e. The first-order valence-electron chi connectivity index (χ1n) is 8.86. The number of aromatic nitrogens is 1. The van der Waals surface area contributed by atoms with E-state index < -0.39 is 0 Å². The van der Waals surface area contributed by atoms with Crippen LogP contribution in [0.5, 0.6) is 0 Å². The van der Waals surface area contributed by atoms with Crippen molar-refractivity contribution in [2.75, 3.05) is 30.3 Å². The van der Waals surface area contributed by atoms with Gasteiger partial charge in [-0.3, -0.25) is 0 Å². The Morgan fingerprint density at radius 3 is 2.56 bits per heavy atom. The van der Waals surface area contributed by atoms with E-state index in [9.17, 15) is 9.59 Å². The van der Waals surface area contributed by atoms with Crippen molar-refractivity contribution >= 4 is 23.6 Å². The van der Waals surface area contributed by atoms with Crippen LogP contribution in [0, 0.1) is 0 Å². The topological polar surface area (TPSA) is 95.6 Å². The lowest BCUT2D eigenvalue weighted by atomic mass is 10.1. The van der Waals surface area contributed by atoms with Crippen molar-refractivity contribution in [3.05, 3.63) is 18.3 Å². The van der Waals surface area contributed by atoms with Gasteiger partial charge in [0.15, 0.2) is 0 Å². The number of ether oxygens (including phenoxy) is 1. The van der Waals surface area contributed by atoms with Gasteiger partial charge >= 0.3 is 12.1 Å². The van der Waals surface area contributed by atoms with Crippen LogP contribution >= 0.6 is 0 Å². The van der Waals surface area contributed by atoms with Crippen LogP contribution < -0.4 is 16.0 Å². The first kappa shape index (κ1) is 17.3. The summed E-state index contributed by atoms with van der Waals surface area (Å²) < 4.78 is 5.02. The van der Waals surface area contributed by atoms with Crippen LogP contribution in [-0.2, 0) is 4.74 Å². The number of pyridine rings is 1. The van der Waals surface area contributed by atoms with Crippen molar-refractivity contribution < 1.29 is 14.3 Å². The number of urea groups is 1. The maximum atomic E-state index is 11.7. The summed E-state index contributed by atoms with van der Waals surface area (Å²) in [4.78, 5) is 29.5. The first-order chi connectivity index (χ1) is 12.1. The molecule has 0 bridgehead atoms. The van der Waals surface area contributed by atoms with E-state index in [2.05, 4.69) is 20.9 Å². The predicted molar refractivity (Wildman–Crippen MR) is 94.7 cm³/mol. The van der Waals surface area contributed by atoms with Crippen LogP contribution in [0.2, 0.25) is 0 Å². The van der Waals surface area contributed by atoms with Gasteiger partial charge in [-0.15, -0.1) is 0 Å². The molecule has 1 saturated heterocycles. The highest BCUT2D eigenvalue weighted by Gasteiger charge is 2.24. The molecule has 8 nitrogen and oxygen atoms in total. The van der Waals surface area contributed by atoms with Crippen LogP contribution in [0.25, 0.3) is 0 Å². The van der Waals surface area contributed by atoms with Gasteiger partial charge in [-0.25, -0.2) is 14.6 Å². The summed E-state index contributed by atoms with van der Waals surface area (Å²) in [5.41, 5.74) is 0.667. The second-order valence-corrected chi connectivity index (χ2v) is 6.41. The Balaban J connectivity index is 1.42. The molecule has 2 fully saturated rings. The number of carbonyl (C=O) groups is 2. The van der Waals surface area contributed by atoms with Gasteiger partial charge in [0.1, 0.15) is 5.82 Å². The second-order valence-electron chi connectivity index (χ2n) is 6.41. The zero-order valence-electron chi connectivity index (χ0n) is 14.5. The molecule has 25 heavy (non-hydrogen) atoms. The number of hydrogen-bond acceptors (Lipinski definition) is 5. The van der Waals surface area contributed by atoms with Gasteiger partial charge in [0.2, 0.25) is 0 Å². The Morgan fingerprint density at radius 2 is 1.96 bits per heavy atom. The van der Waals surface area contributed by atoms with E-state index in [-0.39, 0.29) is 18.2 Å². The van der Waals surface area contributed by atoms with Crippen LogP contribution in [0.15, 0.2) is 18.3 Å². The van der Waals surface area contributed by atoms with Crippen molar-refractivity contribution in [1.82, 2.24) is 15.2 Å². The molecule has 0 unspecified atom stereocenters. The van der Waals surface area contributed by atoms with Gasteiger partial charge in [0.25, 0.3) is 0 Å². The van der Waals surface area contributed by atoms with Gasteiger partial charge < -0.3 is 25.6 Å². The number of carbonyl (C=O) groups excluding carboxylic acids is 2. The van der Waals surface area contributed by atoms with E-state index in [0.717, 1.165) is 31.5 Å². The second kappa shape index (κ2) is 8.04. The summed E-state index contributed by atoms with van der Waals surface area (Å²) in [5.74, 6) is 0.766. The Bertz CT molecular complexity index is 595. The van der Waals surface area contributed by atoms with Crippen molar-refractivity contribution in [2.24, 2.45) is 0 Å². The third-order valence-electron chi connectivity index (χ3n) is 4.31. The summed E-state index contributed by atoms with van der Waals surface area (Å²) in [5, 5.41) is 9.02. The molecule has 1 aliphatic heterocycles. The van der Waals surface area contributed by atoms with Gasteiger partial charge in [0.05, 0.1) is 18.5 Å². The Labute approximate surface area is 147 Å². The third-order valence-corrected chi connectivity index (χ3v) is 4.31. The Kier molecular flexibility index (Phi) is 5.57. The highest BCUT2D eigenvalue weighted by molar-refractivity contribution is 5.89. The molecule has 3 N–H and O–H groups in total. The summed E-state index contributed by atoms with van der Waals surface area (Å²) >= 11 is 0. The molecule has 0 spiro atoms. The highest BCUT2D eigenvalue weighted by Crippen LogP contribution is 2.19. The predicted octanol–water partition coefficient (Wildman–Crippen LogP) is 2.40. The SMILES string of the molecule is CCOC(=O)N1CCC(Nc2ccc(NC(=O)NC3CC3)cn2)CC1. The van der Waals surface area contributed by atoms with Crippen molar-refractivity contribution in [1.29, 1.82) is 0 Å². The van der Waals surface area contributed by atoms with Crippen molar-refractivity contribution in [2.45, 2.75) is 44.7 Å². The van der Waals surface area contributed by atoms with Crippen LogP contribution in [0.1, 0.15) is 32.6 Å². The molecule has 136 valence electrons. The quantitative estimate of drug-likeness (QED) is 0.760. The van der Waals surface area contributed by atoms with E-state index in [1.165, 1.54) is 0 Å². The van der Waals surface area contributed by atoms with Crippen molar-refractivity contribution in [3.63, 3.8) is 0 Å². The monoisotopic (exact) mass is 347 g/mol. The Hall–Kier alpha value is -2.51. The minimum absolute atomic E-state index is 0.184. The van der Waals surface area contributed by atoms with E-state index >= 15 is 0 Å². The van der Waals surface area contributed by atoms with Crippen LogP contribution in [0.3, 0.4) is 0 Å². The van der Waals surface area contributed by atoms with Crippen LogP contribution in [0.4, 0.5) is 21.1 Å². The molecule has 1 aromatic rings. The van der Waals surface area contributed by atoms with E-state index in [4.69, 9.17) is 4.74 Å². The lowest BCUT2D eigenvalue weighted by Gasteiger charge is -2.31. The fraction of sp³-hybridized carbons (Fsp3) is 0.588. The van der Waals surface area contributed by atoms with E-state index in [1.54, 1.807) is 11.1 Å². The normalized spacial score (nSPS) is 17.7. The molecule has 0 aromatic carbocycles. The summed E-state index contributed by atoms with van der Waals surface area (Å²) in [6.45, 7) is 3.57. The van der Waals surface area contributed by atoms with Crippen molar-refractivity contribution in [3.8, 4) is 0 Å². The molecule has 2 heterocycles. The van der Waals surface area contributed by atoms with E-state index in [1.807, 2.05) is 19.1 Å². The molecule has 0 radical (unpaired) electrons. The molecule has 8 heteroatoms. The lowest BCUT2D eigenvalue weighted by molar-refractivity contribution is 0.0983. The van der Waals surface area contributed by atoms with Gasteiger partial charge in [-0.1, -0.05) is 0 Å². The maximum absolute atomic E-state index is 11.7. The average molecular weight is 347 g/mol. The summed E-state index contributed by atoms with van der Waals surface area (Å²) in [7, 11) is 0. The third kappa shape index (κ3) is 5.23. The molecule has 1 aromatic heterocycles. The molecule has 1 saturated carbocycles. The zero-order valence-corrected chi connectivity index (χ0v) is 14.5. The molecule has 1 aliphatic carbocycles. The van der Waals surface area contributed by atoms with Gasteiger partial charge in [-0.05, 0) is 44.7 Å². The molecule has 3 rings (SSSR count). The number of rotatable bonds is 5. The lowest BCUT2D eigenvalue weighted by Crippen LogP contribution is -2.42. The molecule has 3 amide bonds. The standard InChI is InChI=1S/C17H25N5O3/c1-2-25-17(24)22-9-7-13(8-10-22)19-15-6-5-14(11-18-15)21-16(23)20-12-3-4-12/h5-6,11-13H,2-4,7-10H2,1H3,(H,18,19)(H2,20,21,23). The van der Waals surface area contributed by atoms with Gasteiger partial charge in [-0.2, -0.15) is 0 Å². The average Bonchev–Trinajstić information content (AvgIpc) is 3.41. The summed E-state index contributed by atoms with van der Waals surface area (Å²) in [6.07, 6.45) is 5.23. The molecule has 0 atom stereocenters. The fourth-order valence-electron chi connectivity index (χ4n) is 2.76. The molecular formula is C17H25N5O3.